The molecule has 0 spiro atoms. The highest BCUT2D eigenvalue weighted by molar-refractivity contribution is 5.92. The van der Waals surface area contributed by atoms with Crippen molar-refractivity contribution in [1.29, 1.82) is 0 Å². The maximum Gasteiger partial charge on any atom is 0.333 e. The molecule has 0 radical (unpaired) electrons. The number of hydrogen-bond donors (Lipinski definition) is 1. The van der Waals surface area contributed by atoms with E-state index in [1.54, 1.807) is 33.0 Å². The summed E-state index contributed by atoms with van der Waals surface area (Å²) < 4.78 is 20.0. The lowest BCUT2D eigenvalue weighted by atomic mass is 9.96. The number of piperidine rings is 1. The maximum absolute atomic E-state index is 13.4. The number of esters is 1. The summed E-state index contributed by atoms with van der Waals surface area (Å²) in [4.78, 5) is 27.1. The van der Waals surface area contributed by atoms with E-state index < -0.39 is 5.54 Å². The van der Waals surface area contributed by atoms with Gasteiger partial charge in [0.15, 0.2) is 5.54 Å². The minimum Gasteiger partial charge on any atom is -0.464 e. The van der Waals surface area contributed by atoms with E-state index >= 15 is 0 Å². The van der Waals surface area contributed by atoms with Gasteiger partial charge in [-0.3, -0.25) is 14.4 Å². The lowest BCUT2D eigenvalue weighted by Crippen LogP contribution is -2.40. The molecule has 1 aromatic heterocycles. The Morgan fingerprint density at radius 3 is 2.90 bits per heavy atom. The zero-order chi connectivity index (χ0) is 21.7. The third-order valence-electron chi connectivity index (χ3n) is 5.37. The molecule has 1 aliphatic rings. The molecule has 30 heavy (non-hydrogen) atoms. The Balaban J connectivity index is 1.59. The third kappa shape index (κ3) is 5.24. The number of benzene rings is 1. The van der Waals surface area contributed by atoms with Gasteiger partial charge >= 0.3 is 5.97 Å². The van der Waals surface area contributed by atoms with Crippen LogP contribution in [0.2, 0.25) is 0 Å². The fourth-order valence-corrected chi connectivity index (χ4v) is 3.65. The molecule has 1 fully saturated rings. The second-order valence-corrected chi connectivity index (χ2v) is 8.15. The summed E-state index contributed by atoms with van der Waals surface area (Å²) in [6.45, 7) is 7.60. The van der Waals surface area contributed by atoms with Crippen LogP contribution in [0.5, 0.6) is 0 Å². The summed E-state index contributed by atoms with van der Waals surface area (Å²) in [6.07, 6.45) is 4.88. The quantitative estimate of drug-likeness (QED) is 0.702. The molecule has 2 heterocycles. The lowest BCUT2D eigenvalue weighted by molar-refractivity contribution is -0.152. The molecule has 1 saturated heterocycles. The second-order valence-electron chi connectivity index (χ2n) is 8.15. The normalized spacial score (nSPS) is 17.5. The summed E-state index contributed by atoms with van der Waals surface area (Å²) in [5.74, 6) is -0.867. The monoisotopic (exact) mass is 416 g/mol. The topological polar surface area (TPSA) is 76.5 Å². The number of rotatable bonds is 7. The second kappa shape index (κ2) is 9.38. The summed E-state index contributed by atoms with van der Waals surface area (Å²) in [7, 11) is 0. The van der Waals surface area contributed by atoms with Crippen molar-refractivity contribution < 1.29 is 18.7 Å². The fraction of sp³-hybridized carbons (Fsp3) is 0.500. The van der Waals surface area contributed by atoms with Crippen LogP contribution in [0, 0.1) is 11.7 Å². The van der Waals surface area contributed by atoms with Gasteiger partial charge in [-0.1, -0.05) is 12.1 Å². The van der Waals surface area contributed by atoms with Gasteiger partial charge in [-0.2, -0.15) is 5.10 Å². The first kappa shape index (κ1) is 22.0. The predicted molar refractivity (Wildman–Crippen MR) is 111 cm³/mol. The van der Waals surface area contributed by atoms with Crippen LogP contribution in [0.1, 0.15) is 39.2 Å². The fourth-order valence-electron chi connectivity index (χ4n) is 3.65. The van der Waals surface area contributed by atoms with E-state index in [0.717, 1.165) is 24.9 Å². The minimum absolute atomic E-state index is 0.0765. The van der Waals surface area contributed by atoms with E-state index in [0.29, 0.717) is 25.4 Å². The van der Waals surface area contributed by atoms with Gasteiger partial charge in [0.25, 0.3) is 0 Å². The lowest BCUT2D eigenvalue weighted by Gasteiger charge is -2.32. The number of halogens is 1. The van der Waals surface area contributed by atoms with E-state index in [1.807, 2.05) is 6.07 Å². The Bertz CT molecular complexity index is 896. The molecule has 1 aromatic carbocycles. The third-order valence-corrected chi connectivity index (χ3v) is 5.37. The zero-order valence-corrected chi connectivity index (χ0v) is 17.7. The molecule has 2 aromatic rings. The summed E-state index contributed by atoms with van der Waals surface area (Å²) in [5.41, 5.74) is 0.476. The first-order valence-electron chi connectivity index (χ1n) is 10.3. The Kier molecular flexibility index (Phi) is 6.87. The van der Waals surface area contributed by atoms with E-state index in [1.165, 1.54) is 23.0 Å². The highest BCUT2D eigenvalue weighted by atomic mass is 19.1. The van der Waals surface area contributed by atoms with Gasteiger partial charge < -0.3 is 10.1 Å². The molecule has 162 valence electrons. The standard InChI is InChI=1S/C22H29FN4O3/c1-4-30-21(29)22(2,3)27-15-19(12-24-27)25-20(28)17-8-6-10-26(14-17)13-16-7-5-9-18(23)11-16/h5,7,9,11-12,15,17H,4,6,8,10,13-14H2,1-3H3,(H,25,28). The van der Waals surface area contributed by atoms with Crippen LogP contribution in [0.4, 0.5) is 10.1 Å². The first-order chi connectivity index (χ1) is 14.3. The van der Waals surface area contributed by atoms with Crippen LogP contribution in [0.3, 0.4) is 0 Å². The van der Waals surface area contributed by atoms with Crippen molar-refractivity contribution >= 4 is 17.6 Å². The summed E-state index contributed by atoms with van der Waals surface area (Å²) >= 11 is 0. The van der Waals surface area contributed by atoms with Crippen molar-refractivity contribution in [2.75, 3.05) is 25.0 Å². The Labute approximate surface area is 176 Å². The van der Waals surface area contributed by atoms with Crippen LogP contribution in [0.25, 0.3) is 0 Å². The maximum atomic E-state index is 13.4. The van der Waals surface area contributed by atoms with Crippen LogP contribution in [-0.2, 0) is 26.4 Å². The molecule has 0 aliphatic carbocycles. The highest BCUT2D eigenvalue weighted by Gasteiger charge is 2.33. The number of amides is 1. The van der Waals surface area contributed by atoms with Gasteiger partial charge in [0.2, 0.25) is 5.91 Å². The average Bonchev–Trinajstić information content (AvgIpc) is 3.18. The average molecular weight is 416 g/mol. The minimum atomic E-state index is -0.967. The molecule has 1 amide bonds. The molecule has 1 atom stereocenters. The van der Waals surface area contributed by atoms with Gasteiger partial charge in [0.1, 0.15) is 5.82 Å². The number of carbonyl (C=O) groups excluding carboxylic acids is 2. The zero-order valence-electron chi connectivity index (χ0n) is 17.7. The van der Waals surface area contributed by atoms with Gasteiger partial charge in [-0.05, 0) is 57.9 Å². The van der Waals surface area contributed by atoms with Crippen molar-refractivity contribution in [3.63, 3.8) is 0 Å². The predicted octanol–water partition coefficient (Wildman–Crippen LogP) is 3.17. The van der Waals surface area contributed by atoms with E-state index in [9.17, 15) is 14.0 Å². The Morgan fingerprint density at radius 2 is 2.17 bits per heavy atom. The van der Waals surface area contributed by atoms with Crippen LogP contribution >= 0.6 is 0 Å². The van der Waals surface area contributed by atoms with Crippen LogP contribution < -0.4 is 5.32 Å². The first-order valence-corrected chi connectivity index (χ1v) is 10.3. The summed E-state index contributed by atoms with van der Waals surface area (Å²) in [5, 5.41) is 7.13. The molecule has 0 saturated carbocycles. The van der Waals surface area contributed by atoms with Crippen molar-refractivity contribution in [3.05, 3.63) is 48.0 Å². The number of nitrogens with zero attached hydrogens (tertiary/aromatic N) is 3. The van der Waals surface area contributed by atoms with Gasteiger partial charge in [-0.25, -0.2) is 9.18 Å². The molecule has 1 aliphatic heterocycles. The number of hydrogen-bond acceptors (Lipinski definition) is 5. The number of aromatic nitrogens is 2. The van der Waals surface area contributed by atoms with Crippen molar-refractivity contribution in [2.24, 2.45) is 5.92 Å². The molecule has 0 bridgehead atoms. The van der Waals surface area contributed by atoms with Gasteiger partial charge in [-0.15, -0.1) is 0 Å². The number of carbonyl (C=O) groups is 2. The van der Waals surface area contributed by atoms with E-state index in [4.69, 9.17) is 4.74 Å². The van der Waals surface area contributed by atoms with Crippen molar-refractivity contribution in [3.8, 4) is 0 Å². The molecule has 1 unspecified atom stereocenters. The number of nitrogens with one attached hydrogen (secondary N) is 1. The molecule has 8 heteroatoms. The summed E-state index contributed by atoms with van der Waals surface area (Å²) in [6, 6.07) is 6.56. The van der Waals surface area contributed by atoms with E-state index in [2.05, 4.69) is 15.3 Å². The van der Waals surface area contributed by atoms with Crippen LogP contribution in [-0.4, -0.2) is 46.3 Å². The molecule has 7 nitrogen and oxygen atoms in total. The van der Waals surface area contributed by atoms with Crippen LogP contribution in [0.15, 0.2) is 36.7 Å². The molecular formula is C22H29FN4O3. The smallest absolute Gasteiger partial charge is 0.333 e. The number of likely N-dealkylation sites (tertiary alicyclic amines) is 1. The highest BCUT2D eigenvalue weighted by Crippen LogP contribution is 2.22. The van der Waals surface area contributed by atoms with Crippen molar-refractivity contribution in [2.45, 2.75) is 45.7 Å². The largest absolute Gasteiger partial charge is 0.464 e. The SMILES string of the molecule is CCOC(=O)C(C)(C)n1cc(NC(=O)C2CCCN(Cc3cccc(F)c3)C2)cn1. The van der Waals surface area contributed by atoms with Gasteiger partial charge in [0, 0.05) is 19.3 Å². The van der Waals surface area contributed by atoms with Crippen molar-refractivity contribution in [1.82, 2.24) is 14.7 Å². The molecule has 3 rings (SSSR count). The number of ether oxygens (including phenoxy) is 1. The van der Waals surface area contributed by atoms with E-state index in [-0.39, 0.29) is 23.6 Å². The Morgan fingerprint density at radius 1 is 1.37 bits per heavy atom. The Hall–Kier alpha value is -2.74. The molecule has 1 N–H and O–H groups in total. The van der Waals surface area contributed by atoms with Gasteiger partial charge in [0.05, 0.1) is 24.4 Å². The number of anilines is 1. The molecular weight excluding hydrogens is 387 g/mol.